The second-order valence-corrected chi connectivity index (χ2v) is 4.74. The summed E-state index contributed by atoms with van der Waals surface area (Å²) in [6, 6.07) is 3.80. The van der Waals surface area contributed by atoms with E-state index in [9.17, 15) is 9.59 Å². The molecule has 0 bridgehead atoms. The molecular weight excluding hydrogens is 272 g/mol. The molecule has 0 saturated carbocycles. The van der Waals surface area contributed by atoms with Gasteiger partial charge in [-0.15, -0.1) is 0 Å². The van der Waals surface area contributed by atoms with E-state index < -0.39 is 11.9 Å². The van der Waals surface area contributed by atoms with Crippen molar-refractivity contribution >= 4 is 28.7 Å². The monoisotopic (exact) mass is 288 g/mol. The van der Waals surface area contributed by atoms with E-state index in [1.54, 1.807) is 0 Å². The van der Waals surface area contributed by atoms with Crippen LogP contribution in [0.25, 0.3) is 10.9 Å². The first-order chi connectivity index (χ1) is 9.86. The number of H-pyrrole nitrogens is 1. The van der Waals surface area contributed by atoms with Gasteiger partial charge in [0.05, 0.1) is 18.2 Å². The van der Waals surface area contributed by atoms with Crippen molar-refractivity contribution in [1.82, 2.24) is 4.98 Å². The minimum Gasteiger partial charge on any atom is -0.464 e. The van der Waals surface area contributed by atoms with Gasteiger partial charge in [0.2, 0.25) is 5.90 Å². The first kappa shape index (κ1) is 14.8. The van der Waals surface area contributed by atoms with Crippen LogP contribution in [0.1, 0.15) is 34.1 Å². The third-order valence-corrected chi connectivity index (χ3v) is 3.23. The summed E-state index contributed by atoms with van der Waals surface area (Å²) in [5, 5.41) is 8.65. The van der Waals surface area contributed by atoms with Gasteiger partial charge in [0.1, 0.15) is 5.69 Å². The highest BCUT2D eigenvalue weighted by molar-refractivity contribution is 6.16. The number of hydrogen-bond donors (Lipinski definition) is 2. The standard InChI is InChI=1S/C15H16N2O4/c1-7-5-6-8(2)12-10(7)11(14(16)21-9(3)18)13(17-12)15(19)20-4/h5-6,16-17H,1-4H3. The van der Waals surface area contributed by atoms with Crippen LogP contribution in [0.3, 0.4) is 0 Å². The van der Waals surface area contributed by atoms with Crippen LogP contribution in [0, 0.1) is 19.3 Å². The lowest BCUT2D eigenvalue weighted by atomic mass is 10.0. The molecule has 0 aliphatic rings. The van der Waals surface area contributed by atoms with Gasteiger partial charge in [-0.05, 0) is 25.0 Å². The Bertz CT molecular complexity index is 759. The summed E-state index contributed by atoms with van der Waals surface area (Å²) in [5.74, 6) is -1.60. The van der Waals surface area contributed by atoms with Crippen molar-refractivity contribution in [2.24, 2.45) is 0 Å². The number of aryl methyl sites for hydroxylation is 2. The predicted molar refractivity (Wildman–Crippen MR) is 77.7 cm³/mol. The molecule has 0 atom stereocenters. The summed E-state index contributed by atoms with van der Waals surface area (Å²) in [6.07, 6.45) is 0. The molecule has 110 valence electrons. The molecule has 2 aromatic rings. The van der Waals surface area contributed by atoms with E-state index in [0.29, 0.717) is 5.39 Å². The minimum atomic E-state index is -0.615. The van der Waals surface area contributed by atoms with Crippen LogP contribution >= 0.6 is 0 Å². The molecule has 0 fully saturated rings. The second kappa shape index (κ2) is 5.40. The van der Waals surface area contributed by atoms with Crippen molar-refractivity contribution in [1.29, 1.82) is 5.41 Å². The lowest BCUT2D eigenvalue weighted by molar-refractivity contribution is -0.133. The van der Waals surface area contributed by atoms with E-state index in [1.807, 2.05) is 26.0 Å². The van der Waals surface area contributed by atoms with Crippen LogP contribution in [0.4, 0.5) is 0 Å². The summed E-state index contributed by atoms with van der Waals surface area (Å²) in [4.78, 5) is 26.0. The number of ether oxygens (including phenoxy) is 2. The van der Waals surface area contributed by atoms with E-state index in [-0.39, 0.29) is 17.2 Å². The zero-order valence-corrected chi connectivity index (χ0v) is 12.3. The van der Waals surface area contributed by atoms with Crippen LogP contribution in [-0.4, -0.2) is 29.9 Å². The van der Waals surface area contributed by atoms with Gasteiger partial charge < -0.3 is 14.5 Å². The van der Waals surface area contributed by atoms with Crippen LogP contribution in [-0.2, 0) is 14.3 Å². The molecule has 6 nitrogen and oxygen atoms in total. The normalized spacial score (nSPS) is 10.5. The summed E-state index contributed by atoms with van der Waals surface area (Å²) in [6.45, 7) is 4.96. The number of carbonyl (C=O) groups is 2. The quantitative estimate of drug-likeness (QED) is 0.504. The summed E-state index contributed by atoms with van der Waals surface area (Å²) in [7, 11) is 1.26. The number of fused-ring (bicyclic) bond motifs is 1. The van der Waals surface area contributed by atoms with Gasteiger partial charge in [-0.25, -0.2) is 4.79 Å². The molecule has 0 amide bonds. The molecule has 1 aromatic carbocycles. The van der Waals surface area contributed by atoms with Gasteiger partial charge in [0.15, 0.2) is 0 Å². The maximum Gasteiger partial charge on any atom is 0.355 e. The Morgan fingerprint density at radius 2 is 1.81 bits per heavy atom. The Kier molecular flexibility index (Phi) is 3.80. The maximum atomic E-state index is 11.9. The van der Waals surface area contributed by atoms with E-state index in [0.717, 1.165) is 16.6 Å². The van der Waals surface area contributed by atoms with Crippen molar-refractivity contribution in [3.05, 3.63) is 34.5 Å². The number of methoxy groups -OCH3 is 1. The molecule has 21 heavy (non-hydrogen) atoms. The number of aromatic nitrogens is 1. The fraction of sp³-hybridized carbons (Fsp3) is 0.267. The summed E-state index contributed by atoms with van der Waals surface area (Å²) >= 11 is 0. The summed E-state index contributed by atoms with van der Waals surface area (Å²) in [5.41, 5.74) is 2.86. The van der Waals surface area contributed by atoms with Crippen molar-refractivity contribution in [3.8, 4) is 0 Å². The first-order valence-electron chi connectivity index (χ1n) is 6.34. The lowest BCUT2D eigenvalue weighted by Gasteiger charge is -2.06. The first-order valence-corrected chi connectivity index (χ1v) is 6.34. The molecule has 0 unspecified atom stereocenters. The van der Waals surface area contributed by atoms with Crippen molar-refractivity contribution in [2.75, 3.05) is 7.11 Å². The van der Waals surface area contributed by atoms with E-state index in [2.05, 4.69) is 4.98 Å². The van der Waals surface area contributed by atoms with E-state index >= 15 is 0 Å². The van der Waals surface area contributed by atoms with Gasteiger partial charge in [-0.3, -0.25) is 10.2 Å². The van der Waals surface area contributed by atoms with Crippen molar-refractivity contribution in [2.45, 2.75) is 20.8 Å². The molecule has 1 heterocycles. The highest BCUT2D eigenvalue weighted by atomic mass is 16.5. The maximum absolute atomic E-state index is 11.9. The number of esters is 2. The highest BCUT2D eigenvalue weighted by Gasteiger charge is 2.25. The molecular formula is C15H16N2O4. The third-order valence-electron chi connectivity index (χ3n) is 3.23. The van der Waals surface area contributed by atoms with Gasteiger partial charge in [-0.2, -0.15) is 0 Å². The van der Waals surface area contributed by atoms with Crippen molar-refractivity contribution in [3.63, 3.8) is 0 Å². The second-order valence-electron chi connectivity index (χ2n) is 4.74. The van der Waals surface area contributed by atoms with Gasteiger partial charge >= 0.3 is 11.9 Å². The van der Waals surface area contributed by atoms with Crippen LogP contribution in [0.2, 0.25) is 0 Å². The number of benzene rings is 1. The van der Waals surface area contributed by atoms with E-state index in [4.69, 9.17) is 14.9 Å². The fourth-order valence-electron chi connectivity index (χ4n) is 2.28. The van der Waals surface area contributed by atoms with Crippen LogP contribution < -0.4 is 0 Å². The average molecular weight is 288 g/mol. The largest absolute Gasteiger partial charge is 0.464 e. The van der Waals surface area contributed by atoms with E-state index in [1.165, 1.54) is 14.0 Å². The lowest BCUT2D eigenvalue weighted by Crippen LogP contribution is -2.14. The number of nitrogens with one attached hydrogen (secondary N) is 2. The predicted octanol–water partition coefficient (Wildman–Crippen LogP) is 2.46. The minimum absolute atomic E-state index is 0.108. The molecule has 0 aliphatic heterocycles. The Morgan fingerprint density at radius 3 is 2.38 bits per heavy atom. The number of rotatable bonds is 2. The number of aromatic amines is 1. The molecule has 0 saturated heterocycles. The zero-order chi connectivity index (χ0) is 15.7. The molecule has 0 spiro atoms. The smallest absolute Gasteiger partial charge is 0.355 e. The molecule has 0 aliphatic carbocycles. The Morgan fingerprint density at radius 1 is 1.19 bits per heavy atom. The number of hydrogen-bond acceptors (Lipinski definition) is 5. The fourth-order valence-corrected chi connectivity index (χ4v) is 2.28. The Hall–Kier alpha value is -2.63. The molecule has 6 heteroatoms. The van der Waals surface area contributed by atoms with Gasteiger partial charge in [0, 0.05) is 12.3 Å². The average Bonchev–Trinajstić information content (AvgIpc) is 2.83. The third kappa shape index (κ3) is 2.52. The van der Waals surface area contributed by atoms with Crippen LogP contribution in [0.15, 0.2) is 12.1 Å². The van der Waals surface area contributed by atoms with Crippen LogP contribution in [0.5, 0.6) is 0 Å². The van der Waals surface area contributed by atoms with Gasteiger partial charge in [0.25, 0.3) is 0 Å². The highest BCUT2D eigenvalue weighted by Crippen LogP contribution is 2.29. The zero-order valence-electron chi connectivity index (χ0n) is 12.3. The topological polar surface area (TPSA) is 92.2 Å². The Balaban J connectivity index is 2.80. The molecule has 2 rings (SSSR count). The van der Waals surface area contributed by atoms with Gasteiger partial charge in [-0.1, -0.05) is 12.1 Å². The molecule has 2 N–H and O–H groups in total. The molecule has 0 radical (unpaired) electrons. The summed E-state index contributed by atoms with van der Waals surface area (Å²) < 4.78 is 9.58. The van der Waals surface area contributed by atoms with Crippen molar-refractivity contribution < 1.29 is 19.1 Å². The SMILES string of the molecule is COC(=O)c1[nH]c2c(C)ccc(C)c2c1C(=N)OC(C)=O. The Labute approximate surface area is 121 Å². The number of carbonyl (C=O) groups excluding carboxylic acids is 2. The molecule has 1 aromatic heterocycles.